The van der Waals surface area contributed by atoms with Gasteiger partial charge in [0.05, 0.1) is 11.9 Å². The van der Waals surface area contributed by atoms with Gasteiger partial charge in [-0.3, -0.25) is 4.79 Å². The number of nitrogens with two attached hydrogens (primary N) is 1. The quantitative estimate of drug-likeness (QED) is 0.677. The summed E-state index contributed by atoms with van der Waals surface area (Å²) in [6.45, 7) is 1.42. The maximum Gasteiger partial charge on any atom is 0.221 e. The van der Waals surface area contributed by atoms with Gasteiger partial charge in [-0.15, -0.1) is 0 Å². The third-order valence-corrected chi connectivity index (χ3v) is 1.76. The average molecular weight is 191 g/mol. The zero-order chi connectivity index (χ0) is 10.1. The van der Waals surface area contributed by atoms with E-state index in [0.717, 1.165) is 0 Å². The largest absolute Gasteiger partial charge is 0.396 e. The Hall–Kier alpha value is -2.11. The Morgan fingerprint density at radius 2 is 2.43 bits per heavy atom. The fraction of sp³-hybridized carbons (Fsp3) is 0.125. The number of aromatic nitrogens is 3. The van der Waals surface area contributed by atoms with Crippen molar-refractivity contribution in [3.05, 3.63) is 18.6 Å². The Kier molecular flexibility index (Phi) is 1.81. The summed E-state index contributed by atoms with van der Waals surface area (Å²) in [5.74, 6) is -0.187. The van der Waals surface area contributed by atoms with Gasteiger partial charge in [0.25, 0.3) is 0 Å². The molecule has 0 saturated heterocycles. The van der Waals surface area contributed by atoms with E-state index in [2.05, 4.69) is 15.4 Å². The molecule has 72 valence electrons. The maximum absolute atomic E-state index is 10.9. The fourth-order valence-corrected chi connectivity index (χ4v) is 1.19. The van der Waals surface area contributed by atoms with E-state index < -0.39 is 0 Å². The van der Waals surface area contributed by atoms with Crippen molar-refractivity contribution in [1.29, 1.82) is 0 Å². The second-order valence-corrected chi connectivity index (χ2v) is 2.85. The zero-order valence-corrected chi connectivity index (χ0v) is 7.56. The van der Waals surface area contributed by atoms with Gasteiger partial charge in [0, 0.05) is 19.3 Å². The van der Waals surface area contributed by atoms with Crippen LogP contribution in [0.1, 0.15) is 6.92 Å². The molecule has 0 unspecified atom stereocenters. The Balaban J connectivity index is 2.64. The van der Waals surface area contributed by atoms with Crippen molar-refractivity contribution in [3.63, 3.8) is 0 Å². The lowest BCUT2D eigenvalue weighted by molar-refractivity contribution is -0.114. The highest BCUT2D eigenvalue weighted by molar-refractivity contribution is 5.96. The molecule has 2 aromatic rings. The summed E-state index contributed by atoms with van der Waals surface area (Å²) in [4.78, 5) is 14.9. The first-order valence-electron chi connectivity index (χ1n) is 4.04. The van der Waals surface area contributed by atoms with E-state index >= 15 is 0 Å². The topological polar surface area (TPSA) is 85.3 Å². The molecule has 2 aromatic heterocycles. The first-order chi connectivity index (χ1) is 6.68. The number of hydrogen-bond donors (Lipinski definition) is 2. The Bertz CT molecular complexity index is 489. The number of hydrogen-bond acceptors (Lipinski definition) is 4. The third-order valence-electron chi connectivity index (χ3n) is 1.76. The first-order valence-corrected chi connectivity index (χ1v) is 4.04. The standard InChI is InChI=1S/C8H9N5O/c1-5(14)12-7-6(9)4-11-13-3-2-10-8(7)13/h2-4H,9H2,1H3,(H,12,14). The van der Waals surface area contributed by atoms with Crippen molar-refractivity contribution < 1.29 is 4.79 Å². The summed E-state index contributed by atoms with van der Waals surface area (Å²) in [5.41, 5.74) is 7.10. The minimum absolute atomic E-state index is 0.187. The second kappa shape index (κ2) is 2.99. The number of amides is 1. The smallest absolute Gasteiger partial charge is 0.221 e. The van der Waals surface area contributed by atoms with Crippen LogP contribution in [0.15, 0.2) is 18.6 Å². The molecule has 0 spiro atoms. The number of fused-ring (bicyclic) bond motifs is 1. The number of nitrogen functional groups attached to an aromatic ring is 1. The maximum atomic E-state index is 10.9. The normalized spacial score (nSPS) is 10.4. The van der Waals surface area contributed by atoms with E-state index in [1.807, 2.05) is 0 Å². The lowest BCUT2D eigenvalue weighted by Crippen LogP contribution is -2.10. The highest BCUT2D eigenvalue weighted by atomic mass is 16.1. The van der Waals surface area contributed by atoms with Crippen LogP contribution in [-0.4, -0.2) is 20.5 Å². The molecule has 0 aliphatic carbocycles. The molecule has 0 aromatic carbocycles. The minimum atomic E-state index is -0.187. The second-order valence-electron chi connectivity index (χ2n) is 2.85. The summed E-state index contributed by atoms with van der Waals surface area (Å²) >= 11 is 0. The van der Waals surface area contributed by atoms with Crippen LogP contribution in [0.25, 0.3) is 5.65 Å². The van der Waals surface area contributed by atoms with Crippen molar-refractivity contribution in [2.24, 2.45) is 0 Å². The lowest BCUT2D eigenvalue weighted by Gasteiger charge is -2.06. The number of anilines is 2. The van der Waals surface area contributed by atoms with Gasteiger partial charge in [-0.1, -0.05) is 0 Å². The summed E-state index contributed by atoms with van der Waals surface area (Å²) in [6, 6.07) is 0. The zero-order valence-electron chi connectivity index (χ0n) is 7.56. The molecule has 0 atom stereocenters. The van der Waals surface area contributed by atoms with Gasteiger partial charge < -0.3 is 11.1 Å². The van der Waals surface area contributed by atoms with Crippen LogP contribution >= 0.6 is 0 Å². The van der Waals surface area contributed by atoms with E-state index in [1.54, 1.807) is 16.9 Å². The summed E-state index contributed by atoms with van der Waals surface area (Å²) in [7, 11) is 0. The Morgan fingerprint density at radius 1 is 1.64 bits per heavy atom. The van der Waals surface area contributed by atoms with Crippen molar-refractivity contribution >= 4 is 22.9 Å². The van der Waals surface area contributed by atoms with E-state index in [4.69, 9.17) is 5.73 Å². The SMILES string of the molecule is CC(=O)Nc1c(N)cnn2ccnc12. The van der Waals surface area contributed by atoms with Crippen LogP contribution in [0, 0.1) is 0 Å². The van der Waals surface area contributed by atoms with E-state index in [0.29, 0.717) is 17.0 Å². The van der Waals surface area contributed by atoms with E-state index in [-0.39, 0.29) is 5.91 Å². The van der Waals surface area contributed by atoms with Crippen LogP contribution in [0.5, 0.6) is 0 Å². The molecule has 6 nitrogen and oxygen atoms in total. The first kappa shape index (κ1) is 8.49. The highest BCUT2D eigenvalue weighted by Crippen LogP contribution is 2.21. The van der Waals surface area contributed by atoms with Gasteiger partial charge in [-0.05, 0) is 0 Å². The predicted octanol–water partition coefficient (Wildman–Crippen LogP) is 0.270. The lowest BCUT2D eigenvalue weighted by atomic mass is 10.4. The summed E-state index contributed by atoms with van der Waals surface area (Å²) in [5, 5.41) is 6.60. The summed E-state index contributed by atoms with van der Waals surface area (Å²) < 4.78 is 1.54. The number of rotatable bonds is 1. The van der Waals surface area contributed by atoms with E-state index in [9.17, 15) is 4.79 Å². The molecule has 0 aliphatic rings. The van der Waals surface area contributed by atoms with Crippen molar-refractivity contribution in [3.8, 4) is 0 Å². The van der Waals surface area contributed by atoms with Crippen LogP contribution in [-0.2, 0) is 4.79 Å². The number of carbonyl (C=O) groups excluding carboxylic acids is 1. The minimum Gasteiger partial charge on any atom is -0.396 e. The Labute approximate surface area is 79.7 Å². The van der Waals surface area contributed by atoms with Gasteiger partial charge in [0.1, 0.15) is 5.69 Å². The number of nitrogens with one attached hydrogen (secondary N) is 1. The molecule has 0 aliphatic heterocycles. The molecule has 0 radical (unpaired) electrons. The molecular weight excluding hydrogens is 182 g/mol. The molecule has 2 rings (SSSR count). The van der Waals surface area contributed by atoms with E-state index in [1.165, 1.54) is 13.1 Å². The van der Waals surface area contributed by atoms with Crippen molar-refractivity contribution in [2.45, 2.75) is 6.92 Å². The predicted molar refractivity (Wildman–Crippen MR) is 51.7 cm³/mol. The number of nitrogens with zero attached hydrogens (tertiary/aromatic N) is 3. The molecule has 3 N–H and O–H groups in total. The molecule has 2 heterocycles. The van der Waals surface area contributed by atoms with Crippen LogP contribution in [0.3, 0.4) is 0 Å². The number of imidazole rings is 1. The van der Waals surface area contributed by atoms with Gasteiger partial charge in [-0.25, -0.2) is 9.50 Å². The van der Waals surface area contributed by atoms with Crippen LogP contribution in [0.4, 0.5) is 11.4 Å². The van der Waals surface area contributed by atoms with Gasteiger partial charge in [0.15, 0.2) is 5.65 Å². The van der Waals surface area contributed by atoms with Gasteiger partial charge in [0.2, 0.25) is 5.91 Å². The molecule has 6 heteroatoms. The molecule has 0 fully saturated rings. The molecule has 0 saturated carbocycles. The molecule has 1 amide bonds. The van der Waals surface area contributed by atoms with Gasteiger partial charge in [-0.2, -0.15) is 5.10 Å². The summed E-state index contributed by atoms with van der Waals surface area (Å²) in [6.07, 6.45) is 4.74. The van der Waals surface area contributed by atoms with Gasteiger partial charge >= 0.3 is 0 Å². The molecular formula is C8H9N5O. The monoisotopic (exact) mass is 191 g/mol. The van der Waals surface area contributed by atoms with Crippen molar-refractivity contribution in [2.75, 3.05) is 11.1 Å². The van der Waals surface area contributed by atoms with Crippen LogP contribution < -0.4 is 11.1 Å². The van der Waals surface area contributed by atoms with Crippen molar-refractivity contribution in [1.82, 2.24) is 14.6 Å². The van der Waals surface area contributed by atoms with Crippen LogP contribution in [0.2, 0.25) is 0 Å². The molecule has 14 heavy (non-hydrogen) atoms. The number of carbonyl (C=O) groups is 1. The highest BCUT2D eigenvalue weighted by Gasteiger charge is 2.08. The Morgan fingerprint density at radius 3 is 3.14 bits per heavy atom. The molecule has 0 bridgehead atoms. The average Bonchev–Trinajstić information content (AvgIpc) is 2.57. The third kappa shape index (κ3) is 1.26. The fourth-order valence-electron chi connectivity index (χ4n) is 1.19.